The number of alkyl halides is 3. The third-order valence-corrected chi connectivity index (χ3v) is 5.01. The highest BCUT2D eigenvalue weighted by Gasteiger charge is 2.34. The maximum Gasteiger partial charge on any atom is 0.422 e. The van der Waals surface area contributed by atoms with Crippen LogP contribution in [0.3, 0.4) is 0 Å². The van der Waals surface area contributed by atoms with Crippen molar-refractivity contribution in [3.8, 4) is 17.0 Å². The molecular formula is C22H19F3N4O3. The normalized spacial score (nSPS) is 13.9. The molecule has 3 aromatic rings. The first-order chi connectivity index (χ1) is 15.0. The summed E-state index contributed by atoms with van der Waals surface area (Å²) in [5.74, 6) is -0.00308. The predicted octanol–water partition coefficient (Wildman–Crippen LogP) is 3.87. The number of carbonyl (C=O) groups excluding carboxylic acids is 1. The fourth-order valence-corrected chi connectivity index (χ4v) is 3.40. The molecule has 0 radical (unpaired) electrons. The molecule has 0 unspecified atom stereocenters. The number of halogens is 3. The second kappa shape index (κ2) is 7.86. The first-order valence-electron chi connectivity index (χ1n) is 9.67. The second-order valence-corrected chi connectivity index (χ2v) is 7.82. The quantitative estimate of drug-likeness (QED) is 0.643. The van der Waals surface area contributed by atoms with Crippen LogP contribution in [0.5, 0.6) is 5.75 Å². The Labute approximate surface area is 181 Å². The van der Waals surface area contributed by atoms with Crippen LogP contribution in [0.25, 0.3) is 11.3 Å². The van der Waals surface area contributed by atoms with Crippen LogP contribution in [0, 0.1) is 0 Å². The largest absolute Gasteiger partial charge is 0.482 e. The van der Waals surface area contributed by atoms with E-state index in [1.807, 2.05) is 0 Å². The van der Waals surface area contributed by atoms with Gasteiger partial charge in [0, 0.05) is 40.8 Å². The van der Waals surface area contributed by atoms with Crippen LogP contribution in [-0.4, -0.2) is 38.7 Å². The van der Waals surface area contributed by atoms with E-state index in [1.54, 1.807) is 32.0 Å². The van der Waals surface area contributed by atoms with E-state index in [1.165, 1.54) is 35.8 Å². The number of rotatable bonds is 5. The minimum atomic E-state index is -4.51. The van der Waals surface area contributed by atoms with Gasteiger partial charge in [0.25, 0.3) is 5.91 Å². The van der Waals surface area contributed by atoms with E-state index in [4.69, 9.17) is 4.74 Å². The highest BCUT2D eigenvalue weighted by molar-refractivity contribution is 6.10. The minimum Gasteiger partial charge on any atom is -0.482 e. The van der Waals surface area contributed by atoms with Gasteiger partial charge in [-0.15, -0.1) is 0 Å². The number of pyridine rings is 3. The number of hydrogen-bond acceptors (Lipinski definition) is 6. The molecule has 0 bridgehead atoms. The first-order valence-corrected chi connectivity index (χ1v) is 9.67. The molecule has 166 valence electrons. The van der Waals surface area contributed by atoms with E-state index >= 15 is 0 Å². The topological polar surface area (TPSA) is 88.4 Å². The van der Waals surface area contributed by atoms with E-state index < -0.39 is 18.4 Å². The maximum atomic E-state index is 13.0. The van der Waals surface area contributed by atoms with E-state index in [0.717, 1.165) is 0 Å². The van der Waals surface area contributed by atoms with Crippen LogP contribution in [0.1, 0.15) is 35.3 Å². The van der Waals surface area contributed by atoms with Crippen LogP contribution >= 0.6 is 0 Å². The number of nitrogens with zero attached hydrogens (tertiary/aromatic N) is 4. The molecule has 0 aliphatic carbocycles. The van der Waals surface area contributed by atoms with E-state index in [0.29, 0.717) is 33.8 Å². The summed E-state index contributed by atoms with van der Waals surface area (Å²) in [5, 5.41) is 10.1. The van der Waals surface area contributed by atoms with Crippen molar-refractivity contribution in [2.24, 2.45) is 0 Å². The Bertz CT molecular complexity index is 1160. The van der Waals surface area contributed by atoms with Crippen LogP contribution in [0.15, 0.2) is 49.1 Å². The molecule has 3 aromatic heterocycles. The molecule has 4 heterocycles. The zero-order chi connectivity index (χ0) is 23.1. The Morgan fingerprint density at radius 3 is 2.47 bits per heavy atom. The lowest BCUT2D eigenvalue weighted by Gasteiger charge is -2.19. The third kappa shape index (κ3) is 4.26. The molecular weight excluding hydrogens is 425 g/mol. The number of hydrogen-bond donors (Lipinski definition) is 1. The smallest absolute Gasteiger partial charge is 0.422 e. The molecule has 7 nitrogen and oxygen atoms in total. The lowest BCUT2D eigenvalue weighted by molar-refractivity contribution is -0.153. The monoisotopic (exact) mass is 444 g/mol. The number of aliphatic hydroxyl groups is 1. The van der Waals surface area contributed by atoms with Crippen molar-refractivity contribution in [3.05, 3.63) is 65.7 Å². The summed E-state index contributed by atoms with van der Waals surface area (Å²) in [5.41, 5.74) is 1.09. The Balaban J connectivity index is 1.68. The van der Waals surface area contributed by atoms with E-state index in [9.17, 15) is 23.1 Å². The minimum absolute atomic E-state index is 0.0794. The number of aromatic nitrogens is 3. The fraction of sp³-hybridized carbons (Fsp3) is 0.273. The van der Waals surface area contributed by atoms with Crippen LogP contribution in [0.4, 0.5) is 19.0 Å². The molecule has 0 atom stereocenters. The molecule has 4 rings (SSSR count). The van der Waals surface area contributed by atoms with E-state index in [-0.39, 0.29) is 18.2 Å². The average Bonchev–Trinajstić information content (AvgIpc) is 3.08. The highest BCUT2D eigenvalue weighted by Crippen LogP contribution is 2.37. The van der Waals surface area contributed by atoms with Gasteiger partial charge in [0.1, 0.15) is 11.6 Å². The van der Waals surface area contributed by atoms with E-state index in [2.05, 4.69) is 15.0 Å². The Morgan fingerprint density at radius 1 is 1.06 bits per heavy atom. The number of fused-ring (bicyclic) bond motifs is 1. The molecule has 0 fully saturated rings. The Hall–Kier alpha value is -3.53. The summed E-state index contributed by atoms with van der Waals surface area (Å²) in [4.78, 5) is 26.9. The fourth-order valence-electron chi connectivity index (χ4n) is 3.40. The second-order valence-electron chi connectivity index (χ2n) is 7.82. The average molecular weight is 444 g/mol. The van der Waals surface area contributed by atoms with Crippen molar-refractivity contribution in [3.63, 3.8) is 0 Å². The van der Waals surface area contributed by atoms with Crippen molar-refractivity contribution in [1.82, 2.24) is 15.0 Å². The molecule has 32 heavy (non-hydrogen) atoms. The van der Waals surface area contributed by atoms with Gasteiger partial charge in [-0.1, -0.05) is 6.07 Å². The molecule has 1 aliphatic rings. The van der Waals surface area contributed by atoms with Gasteiger partial charge in [-0.2, -0.15) is 13.2 Å². The molecule has 0 spiro atoms. The van der Waals surface area contributed by atoms with Gasteiger partial charge in [-0.05, 0) is 32.0 Å². The predicted molar refractivity (Wildman–Crippen MR) is 109 cm³/mol. The van der Waals surface area contributed by atoms with Crippen molar-refractivity contribution in [2.75, 3.05) is 11.5 Å². The number of carbonyl (C=O) groups is 1. The third-order valence-electron chi connectivity index (χ3n) is 5.01. The number of anilines is 1. The van der Waals surface area contributed by atoms with Gasteiger partial charge in [0.2, 0.25) is 0 Å². The molecule has 1 aliphatic heterocycles. The van der Waals surface area contributed by atoms with Crippen LogP contribution < -0.4 is 9.64 Å². The molecule has 0 saturated heterocycles. The molecule has 1 N–H and O–H groups in total. The lowest BCUT2D eigenvalue weighted by atomic mass is 10.0. The Morgan fingerprint density at radius 2 is 1.81 bits per heavy atom. The van der Waals surface area contributed by atoms with Crippen molar-refractivity contribution >= 4 is 11.7 Å². The van der Waals surface area contributed by atoms with Gasteiger partial charge < -0.3 is 9.84 Å². The number of ether oxygens (including phenoxy) is 1. The van der Waals surface area contributed by atoms with Gasteiger partial charge in [0.15, 0.2) is 6.61 Å². The standard InChI is InChI=1S/C22H19F3N4O3/c1-21(2,31)13-3-4-18(28-9-13)29-11-16-14(20(29)30)6-8-27-19(16)15-5-7-26-10-17(15)32-12-22(23,24)25/h3-10,31H,11-12H2,1-2H3. The highest BCUT2D eigenvalue weighted by atomic mass is 19.4. The van der Waals surface area contributed by atoms with Crippen molar-refractivity contribution in [2.45, 2.75) is 32.2 Å². The van der Waals surface area contributed by atoms with Gasteiger partial charge in [-0.25, -0.2) is 4.98 Å². The van der Waals surface area contributed by atoms with Gasteiger partial charge in [0.05, 0.1) is 24.0 Å². The Kier molecular flexibility index (Phi) is 5.33. The SMILES string of the molecule is CC(C)(O)c1ccc(N2Cc3c(ccnc3-c3ccncc3OCC(F)(F)F)C2=O)nc1. The molecule has 1 amide bonds. The summed E-state index contributed by atoms with van der Waals surface area (Å²) in [6.45, 7) is 1.92. The molecule has 0 saturated carbocycles. The van der Waals surface area contributed by atoms with Crippen molar-refractivity contribution in [1.29, 1.82) is 0 Å². The summed E-state index contributed by atoms with van der Waals surface area (Å²) >= 11 is 0. The summed E-state index contributed by atoms with van der Waals surface area (Å²) in [7, 11) is 0. The summed E-state index contributed by atoms with van der Waals surface area (Å²) in [6, 6.07) is 6.37. The van der Waals surface area contributed by atoms with Gasteiger partial charge >= 0.3 is 6.18 Å². The van der Waals surface area contributed by atoms with Crippen LogP contribution in [-0.2, 0) is 12.1 Å². The van der Waals surface area contributed by atoms with Crippen molar-refractivity contribution < 1.29 is 27.8 Å². The first kappa shape index (κ1) is 21.7. The maximum absolute atomic E-state index is 13.0. The molecule has 0 aromatic carbocycles. The lowest BCUT2D eigenvalue weighted by Crippen LogP contribution is -2.24. The van der Waals surface area contributed by atoms with Crippen LogP contribution in [0.2, 0.25) is 0 Å². The summed E-state index contributed by atoms with van der Waals surface area (Å²) < 4.78 is 42.9. The zero-order valence-corrected chi connectivity index (χ0v) is 17.2. The number of amides is 1. The summed E-state index contributed by atoms with van der Waals surface area (Å²) in [6.07, 6.45) is 1.02. The zero-order valence-electron chi connectivity index (χ0n) is 17.2. The van der Waals surface area contributed by atoms with Gasteiger partial charge in [-0.3, -0.25) is 19.7 Å². The molecule has 10 heteroatoms.